The molecule has 1 aliphatic rings. The number of nitrogens with zero attached hydrogens (tertiary/aromatic N) is 7. The summed E-state index contributed by atoms with van der Waals surface area (Å²) in [5.41, 5.74) is 4.31. The Morgan fingerprint density at radius 1 is 1.05 bits per heavy atom. The van der Waals surface area contributed by atoms with Crippen LogP contribution in [0.25, 0.3) is 11.1 Å². The Morgan fingerprint density at radius 3 is 2.50 bits per heavy atom. The van der Waals surface area contributed by atoms with E-state index in [0.29, 0.717) is 30.4 Å². The Bertz CT molecular complexity index is 1550. The van der Waals surface area contributed by atoms with Crippen LogP contribution in [0.4, 0.5) is 5.82 Å². The molecule has 228 valence electrons. The number of amides is 1. The van der Waals surface area contributed by atoms with Gasteiger partial charge in [-0.05, 0) is 63.2 Å². The SMILES string of the molecule is CN(C)CCNc1nc(CC2CCC(C(C(=O)NCc3ccccc3)c3ccc(-c4cnn(C)c4)cn3)CC2)ncc1C#N. The van der Waals surface area contributed by atoms with Crippen LogP contribution in [0, 0.1) is 23.2 Å². The monoisotopic (exact) mass is 591 g/mol. The summed E-state index contributed by atoms with van der Waals surface area (Å²) in [6, 6.07) is 16.2. The third-order valence-electron chi connectivity index (χ3n) is 8.38. The first-order chi connectivity index (χ1) is 21.4. The van der Waals surface area contributed by atoms with Crippen LogP contribution >= 0.6 is 0 Å². The molecule has 0 saturated heterocycles. The van der Waals surface area contributed by atoms with Crippen molar-refractivity contribution in [3.63, 3.8) is 0 Å². The molecule has 1 amide bonds. The lowest BCUT2D eigenvalue weighted by molar-refractivity contribution is -0.124. The molecule has 2 N–H and O–H groups in total. The van der Waals surface area contributed by atoms with E-state index < -0.39 is 0 Å². The average Bonchev–Trinajstić information content (AvgIpc) is 3.48. The molecule has 1 saturated carbocycles. The number of carbonyl (C=O) groups is 1. The molecule has 1 aromatic carbocycles. The van der Waals surface area contributed by atoms with Gasteiger partial charge in [-0.25, -0.2) is 9.97 Å². The van der Waals surface area contributed by atoms with Gasteiger partial charge in [-0.1, -0.05) is 36.4 Å². The lowest BCUT2D eigenvalue weighted by Crippen LogP contribution is -2.35. The first-order valence-corrected chi connectivity index (χ1v) is 15.3. The van der Waals surface area contributed by atoms with Gasteiger partial charge in [-0.15, -0.1) is 0 Å². The summed E-state index contributed by atoms with van der Waals surface area (Å²) in [6.45, 7) is 2.03. The molecule has 0 bridgehead atoms. The molecule has 1 fully saturated rings. The highest BCUT2D eigenvalue weighted by Crippen LogP contribution is 2.39. The lowest BCUT2D eigenvalue weighted by atomic mass is 9.73. The molecule has 1 atom stereocenters. The smallest absolute Gasteiger partial charge is 0.229 e. The number of aryl methyl sites for hydroxylation is 1. The Morgan fingerprint density at radius 2 is 1.84 bits per heavy atom. The van der Waals surface area contributed by atoms with Crippen molar-refractivity contribution in [1.82, 2.24) is 34.9 Å². The second-order valence-corrected chi connectivity index (χ2v) is 11.9. The molecule has 1 unspecified atom stereocenters. The molecule has 44 heavy (non-hydrogen) atoms. The van der Waals surface area contributed by atoms with Crippen molar-refractivity contribution >= 4 is 11.7 Å². The van der Waals surface area contributed by atoms with Crippen LogP contribution in [0.5, 0.6) is 0 Å². The fourth-order valence-corrected chi connectivity index (χ4v) is 5.93. The van der Waals surface area contributed by atoms with Crippen molar-refractivity contribution < 1.29 is 4.79 Å². The van der Waals surface area contributed by atoms with Gasteiger partial charge in [0.15, 0.2) is 0 Å². The van der Waals surface area contributed by atoms with Crippen LogP contribution in [-0.2, 0) is 24.8 Å². The fourth-order valence-electron chi connectivity index (χ4n) is 5.93. The number of likely N-dealkylation sites (N-methyl/N-ethyl adjacent to an activating group) is 1. The van der Waals surface area contributed by atoms with E-state index in [2.05, 4.69) is 31.7 Å². The second-order valence-electron chi connectivity index (χ2n) is 11.9. The van der Waals surface area contributed by atoms with Gasteiger partial charge < -0.3 is 15.5 Å². The molecular weight excluding hydrogens is 550 g/mol. The first kappa shape index (κ1) is 30.8. The Balaban J connectivity index is 1.26. The zero-order chi connectivity index (χ0) is 30.9. The van der Waals surface area contributed by atoms with E-state index in [1.54, 1.807) is 10.9 Å². The lowest BCUT2D eigenvalue weighted by Gasteiger charge is -2.33. The van der Waals surface area contributed by atoms with Gasteiger partial charge in [0.1, 0.15) is 23.3 Å². The van der Waals surface area contributed by atoms with Crippen molar-refractivity contribution in [2.75, 3.05) is 32.5 Å². The summed E-state index contributed by atoms with van der Waals surface area (Å²) in [6.07, 6.45) is 11.8. The van der Waals surface area contributed by atoms with E-state index in [1.165, 1.54) is 0 Å². The minimum Gasteiger partial charge on any atom is -0.368 e. The third kappa shape index (κ3) is 8.05. The Labute approximate surface area is 259 Å². The van der Waals surface area contributed by atoms with E-state index in [9.17, 15) is 10.1 Å². The fraction of sp³-hybridized carbons (Fsp3) is 0.412. The molecule has 10 heteroatoms. The van der Waals surface area contributed by atoms with Crippen LogP contribution in [0.2, 0.25) is 0 Å². The number of hydrogen-bond acceptors (Lipinski definition) is 8. The molecule has 0 radical (unpaired) electrons. The third-order valence-corrected chi connectivity index (χ3v) is 8.38. The van der Waals surface area contributed by atoms with E-state index in [4.69, 9.17) is 9.97 Å². The van der Waals surface area contributed by atoms with Gasteiger partial charge in [0.05, 0.1) is 24.0 Å². The maximum Gasteiger partial charge on any atom is 0.229 e. The largest absolute Gasteiger partial charge is 0.368 e. The minimum atomic E-state index is -0.332. The first-order valence-electron chi connectivity index (χ1n) is 15.3. The van der Waals surface area contributed by atoms with Crippen LogP contribution in [0.15, 0.2) is 67.3 Å². The van der Waals surface area contributed by atoms with Crippen LogP contribution < -0.4 is 10.6 Å². The molecule has 0 spiro atoms. The van der Waals surface area contributed by atoms with Crippen molar-refractivity contribution in [2.24, 2.45) is 18.9 Å². The van der Waals surface area contributed by atoms with Gasteiger partial charge in [0, 0.05) is 56.6 Å². The van der Waals surface area contributed by atoms with Crippen molar-refractivity contribution in [2.45, 2.75) is 44.6 Å². The van der Waals surface area contributed by atoms with Crippen molar-refractivity contribution in [1.29, 1.82) is 5.26 Å². The number of nitrogens with one attached hydrogen (secondary N) is 2. The Hall–Kier alpha value is -4.62. The molecular formula is C34H41N9O. The molecule has 10 nitrogen and oxygen atoms in total. The van der Waals surface area contributed by atoms with Gasteiger partial charge in [0.25, 0.3) is 0 Å². The van der Waals surface area contributed by atoms with Crippen LogP contribution in [0.1, 0.15) is 54.2 Å². The highest BCUT2D eigenvalue weighted by Gasteiger charge is 2.34. The quantitative estimate of drug-likeness (QED) is 0.246. The van der Waals surface area contributed by atoms with E-state index in [1.807, 2.05) is 82.2 Å². The highest BCUT2D eigenvalue weighted by atomic mass is 16.1. The minimum absolute atomic E-state index is 0.0165. The van der Waals surface area contributed by atoms with E-state index in [-0.39, 0.29) is 17.7 Å². The number of aromatic nitrogens is 5. The summed E-state index contributed by atoms with van der Waals surface area (Å²) >= 11 is 0. The highest BCUT2D eigenvalue weighted by molar-refractivity contribution is 5.83. The van der Waals surface area contributed by atoms with Crippen LogP contribution in [-0.4, -0.2) is 62.7 Å². The number of rotatable bonds is 12. The maximum atomic E-state index is 13.8. The molecule has 0 aliphatic heterocycles. The number of pyridine rings is 1. The van der Waals surface area contributed by atoms with Crippen molar-refractivity contribution in [3.05, 3.63) is 89.9 Å². The summed E-state index contributed by atoms with van der Waals surface area (Å²) in [4.78, 5) is 29.9. The summed E-state index contributed by atoms with van der Waals surface area (Å²) in [7, 11) is 5.92. The second kappa shape index (κ2) is 14.7. The van der Waals surface area contributed by atoms with Gasteiger partial charge in [-0.2, -0.15) is 10.4 Å². The number of nitriles is 1. The van der Waals surface area contributed by atoms with Gasteiger partial charge >= 0.3 is 0 Å². The van der Waals surface area contributed by atoms with Gasteiger partial charge in [-0.3, -0.25) is 14.5 Å². The number of hydrogen-bond donors (Lipinski definition) is 2. The molecule has 4 aromatic rings. The van der Waals surface area contributed by atoms with E-state index in [0.717, 1.165) is 66.9 Å². The number of benzene rings is 1. The van der Waals surface area contributed by atoms with Gasteiger partial charge in [0.2, 0.25) is 5.91 Å². The van der Waals surface area contributed by atoms with Crippen molar-refractivity contribution in [3.8, 4) is 17.2 Å². The number of anilines is 1. The molecule has 1 aliphatic carbocycles. The molecule has 3 aromatic heterocycles. The predicted molar refractivity (Wildman–Crippen MR) is 170 cm³/mol. The normalized spacial score (nSPS) is 17.2. The topological polar surface area (TPSA) is 125 Å². The molecule has 5 rings (SSSR count). The standard InChI is InChI=1S/C34H41N9O/c1-42(2)16-15-36-33-28(18-35)21-38-31(41-33)17-24-9-11-26(12-10-24)32(34(44)39-19-25-7-5-4-6-8-25)30-14-13-27(20-37-30)29-22-40-43(3)23-29/h4-8,13-14,20-24,26,32H,9-12,15-17,19H2,1-3H3,(H,39,44)(H,36,38,41). The predicted octanol–water partition coefficient (Wildman–Crippen LogP) is 4.57. The zero-order valence-corrected chi connectivity index (χ0v) is 25.8. The number of carbonyl (C=O) groups excluding carboxylic acids is 1. The van der Waals surface area contributed by atoms with Crippen LogP contribution in [0.3, 0.4) is 0 Å². The Kier molecular flexibility index (Phi) is 10.3. The molecule has 3 heterocycles. The summed E-state index contributed by atoms with van der Waals surface area (Å²) < 4.78 is 1.77. The average molecular weight is 592 g/mol. The summed E-state index contributed by atoms with van der Waals surface area (Å²) in [5, 5.41) is 20.3. The maximum absolute atomic E-state index is 13.8. The zero-order valence-electron chi connectivity index (χ0n) is 25.8. The summed E-state index contributed by atoms with van der Waals surface area (Å²) in [5.74, 6) is 1.64. The van der Waals surface area contributed by atoms with E-state index >= 15 is 0 Å².